The van der Waals surface area contributed by atoms with Crippen molar-refractivity contribution in [3.8, 4) is 0 Å². The first-order chi connectivity index (χ1) is 10.9. The van der Waals surface area contributed by atoms with E-state index in [2.05, 4.69) is 25.7 Å². The molecule has 1 aliphatic heterocycles. The largest absolute Gasteiger partial charge is 0.381 e. The summed E-state index contributed by atoms with van der Waals surface area (Å²) in [5.74, 6) is 1.33. The van der Waals surface area contributed by atoms with Crippen LogP contribution in [0.2, 0.25) is 0 Å². The molecule has 1 aliphatic carbocycles. The van der Waals surface area contributed by atoms with Crippen molar-refractivity contribution in [1.82, 2.24) is 19.7 Å². The van der Waals surface area contributed by atoms with Gasteiger partial charge in [0, 0.05) is 49.9 Å². The summed E-state index contributed by atoms with van der Waals surface area (Å²) in [5.41, 5.74) is 1.29. The van der Waals surface area contributed by atoms with E-state index in [0.29, 0.717) is 5.92 Å². The highest BCUT2D eigenvalue weighted by Gasteiger charge is 2.25. The first-order valence-corrected chi connectivity index (χ1v) is 8.94. The Labute approximate surface area is 134 Å². The van der Waals surface area contributed by atoms with Gasteiger partial charge < -0.3 is 4.74 Å². The Hall–Kier alpha value is -1.24. The number of nitrogens with zero attached hydrogens (tertiary/aromatic N) is 4. The van der Waals surface area contributed by atoms with Crippen LogP contribution in [0.15, 0.2) is 23.8 Å². The van der Waals surface area contributed by atoms with Crippen molar-refractivity contribution in [2.45, 2.75) is 32.5 Å². The van der Waals surface area contributed by atoms with Gasteiger partial charge in [0.1, 0.15) is 5.01 Å². The summed E-state index contributed by atoms with van der Waals surface area (Å²) in [5, 5.41) is 7.71. The Morgan fingerprint density at radius 1 is 1.18 bits per heavy atom. The van der Waals surface area contributed by atoms with Gasteiger partial charge in [-0.1, -0.05) is 0 Å². The van der Waals surface area contributed by atoms with Crippen molar-refractivity contribution < 1.29 is 4.74 Å². The van der Waals surface area contributed by atoms with Crippen molar-refractivity contribution in [2.75, 3.05) is 19.8 Å². The maximum Gasteiger partial charge on any atom is 0.107 e. The maximum atomic E-state index is 5.95. The molecule has 1 fully saturated rings. The smallest absolute Gasteiger partial charge is 0.107 e. The van der Waals surface area contributed by atoms with Gasteiger partial charge in [-0.25, -0.2) is 4.98 Å². The minimum atomic E-state index is 0.500. The molecule has 0 amide bonds. The van der Waals surface area contributed by atoms with Crippen LogP contribution in [0, 0.1) is 11.8 Å². The highest BCUT2D eigenvalue weighted by atomic mass is 32.1. The number of thiazole rings is 1. The fourth-order valence-electron chi connectivity index (χ4n) is 3.05. The Kier molecular flexibility index (Phi) is 4.23. The van der Waals surface area contributed by atoms with Crippen molar-refractivity contribution in [1.29, 1.82) is 0 Å². The molecular formula is C16H22N4OS. The van der Waals surface area contributed by atoms with Gasteiger partial charge in [-0.05, 0) is 24.8 Å². The van der Waals surface area contributed by atoms with Crippen molar-refractivity contribution in [3.05, 3.63) is 34.5 Å². The second-order valence-corrected chi connectivity index (χ2v) is 7.43. The molecule has 2 aromatic rings. The number of aromatic nitrogens is 3. The van der Waals surface area contributed by atoms with E-state index < -0.39 is 0 Å². The minimum Gasteiger partial charge on any atom is -0.381 e. The zero-order valence-electron chi connectivity index (χ0n) is 12.7. The van der Waals surface area contributed by atoms with Gasteiger partial charge in [0.05, 0.1) is 18.8 Å². The predicted octanol–water partition coefficient (Wildman–Crippen LogP) is 2.40. The molecule has 0 bridgehead atoms. The lowest BCUT2D eigenvalue weighted by atomic mass is 10.1. The van der Waals surface area contributed by atoms with Crippen molar-refractivity contribution in [2.24, 2.45) is 11.8 Å². The van der Waals surface area contributed by atoms with Gasteiger partial charge in [0.2, 0.25) is 0 Å². The van der Waals surface area contributed by atoms with Crippen LogP contribution in [0.1, 0.15) is 23.5 Å². The molecule has 2 aliphatic rings. The summed E-state index contributed by atoms with van der Waals surface area (Å²) >= 11 is 1.73. The number of hydrogen-bond donors (Lipinski definition) is 0. The van der Waals surface area contributed by atoms with E-state index in [9.17, 15) is 0 Å². The van der Waals surface area contributed by atoms with Gasteiger partial charge in [-0.2, -0.15) is 5.10 Å². The van der Waals surface area contributed by atoms with Crippen LogP contribution in [-0.2, 0) is 24.4 Å². The average Bonchev–Trinajstić information content (AvgIpc) is 3.06. The highest BCUT2D eigenvalue weighted by Crippen LogP contribution is 2.29. The summed E-state index contributed by atoms with van der Waals surface area (Å²) in [6, 6.07) is 2.13. The molecular weight excluding hydrogens is 296 g/mol. The number of rotatable bonds is 6. The van der Waals surface area contributed by atoms with Crippen molar-refractivity contribution >= 4 is 11.3 Å². The molecule has 0 aromatic carbocycles. The summed E-state index contributed by atoms with van der Waals surface area (Å²) in [7, 11) is 0. The number of hydrogen-bond acceptors (Lipinski definition) is 5. The first kappa shape index (κ1) is 14.4. The van der Waals surface area contributed by atoms with Crippen LogP contribution in [0.25, 0.3) is 0 Å². The van der Waals surface area contributed by atoms with Crippen LogP contribution < -0.4 is 0 Å². The van der Waals surface area contributed by atoms with E-state index in [1.165, 1.54) is 23.5 Å². The average molecular weight is 318 g/mol. The third-order valence-electron chi connectivity index (χ3n) is 4.38. The van der Waals surface area contributed by atoms with Gasteiger partial charge in [0.15, 0.2) is 0 Å². The summed E-state index contributed by atoms with van der Waals surface area (Å²) in [4.78, 5) is 6.90. The van der Waals surface area contributed by atoms with E-state index >= 15 is 0 Å². The molecule has 6 heteroatoms. The fourth-order valence-corrected chi connectivity index (χ4v) is 3.71. The topological polar surface area (TPSA) is 43.2 Å². The molecule has 0 saturated heterocycles. The monoisotopic (exact) mass is 318 g/mol. The zero-order valence-corrected chi connectivity index (χ0v) is 13.5. The minimum absolute atomic E-state index is 0.500. The molecule has 0 spiro atoms. The van der Waals surface area contributed by atoms with Gasteiger partial charge in [-0.15, -0.1) is 11.3 Å². The van der Waals surface area contributed by atoms with Crippen LogP contribution in [-0.4, -0.2) is 39.4 Å². The molecule has 118 valence electrons. The molecule has 0 N–H and O–H groups in total. The highest BCUT2D eigenvalue weighted by molar-refractivity contribution is 7.09. The van der Waals surface area contributed by atoms with E-state index in [1.54, 1.807) is 11.3 Å². The van der Waals surface area contributed by atoms with Gasteiger partial charge >= 0.3 is 0 Å². The van der Waals surface area contributed by atoms with Gasteiger partial charge in [0.25, 0.3) is 0 Å². The lowest BCUT2D eigenvalue weighted by Gasteiger charge is -2.22. The molecule has 1 saturated carbocycles. The Bertz CT molecular complexity index is 593. The Morgan fingerprint density at radius 2 is 2.09 bits per heavy atom. The van der Waals surface area contributed by atoms with Crippen LogP contribution >= 0.6 is 11.3 Å². The quantitative estimate of drug-likeness (QED) is 0.820. The fraction of sp³-hybridized carbons (Fsp3) is 0.625. The standard InChI is InChI=1S/C16H22N4OS/c1-2-13(1)11-21-12-14-7-19(10-16-17-5-6-22-16)9-15-3-4-18-20(15)8-14/h3-6,13-14H,1-2,7-12H2/t14-/m1/s1. The van der Waals surface area contributed by atoms with Crippen molar-refractivity contribution in [3.63, 3.8) is 0 Å². The molecule has 2 aromatic heterocycles. The second-order valence-electron chi connectivity index (χ2n) is 6.45. The van der Waals surface area contributed by atoms with Crippen LogP contribution in [0.3, 0.4) is 0 Å². The third kappa shape index (κ3) is 3.56. The summed E-state index contributed by atoms with van der Waals surface area (Å²) < 4.78 is 8.09. The summed E-state index contributed by atoms with van der Waals surface area (Å²) in [6.07, 6.45) is 6.50. The lowest BCUT2D eigenvalue weighted by Crippen LogP contribution is -2.30. The normalized spacial score (nSPS) is 22.5. The maximum absolute atomic E-state index is 5.95. The number of fused-ring (bicyclic) bond motifs is 1. The summed E-state index contributed by atoms with van der Waals surface area (Å²) in [6.45, 7) is 5.65. The first-order valence-electron chi connectivity index (χ1n) is 8.06. The Morgan fingerprint density at radius 3 is 2.91 bits per heavy atom. The zero-order chi connectivity index (χ0) is 14.8. The Balaban J connectivity index is 1.42. The van der Waals surface area contributed by atoms with E-state index in [1.807, 2.05) is 17.8 Å². The third-order valence-corrected chi connectivity index (χ3v) is 5.15. The van der Waals surface area contributed by atoms with Gasteiger partial charge in [-0.3, -0.25) is 9.58 Å². The molecule has 0 radical (unpaired) electrons. The van der Waals surface area contributed by atoms with E-state index in [0.717, 1.165) is 45.3 Å². The predicted molar refractivity (Wildman–Crippen MR) is 85.5 cm³/mol. The van der Waals surface area contributed by atoms with E-state index in [4.69, 9.17) is 4.74 Å². The van der Waals surface area contributed by atoms with Crippen LogP contribution in [0.4, 0.5) is 0 Å². The molecule has 0 unspecified atom stereocenters. The molecule has 4 rings (SSSR count). The molecule has 3 heterocycles. The molecule has 22 heavy (non-hydrogen) atoms. The number of ether oxygens (including phenoxy) is 1. The van der Waals surface area contributed by atoms with E-state index in [-0.39, 0.29) is 0 Å². The lowest BCUT2D eigenvalue weighted by molar-refractivity contribution is 0.0696. The molecule has 1 atom stereocenters. The van der Waals surface area contributed by atoms with Crippen LogP contribution in [0.5, 0.6) is 0 Å². The molecule has 5 nitrogen and oxygen atoms in total. The second kappa shape index (κ2) is 6.48. The SMILES string of the molecule is c1csc(CN2Cc3ccnn3C[C@H](COCC3CC3)C2)n1.